The number of halogens is 1. The SMILES string of the molecule is COc1cccc2c1Oc1ccccc1N=C2N1CCN(S(=O)(=O)c2ccc(Cl)cc2)[C@H](C)C1. The number of nitrogens with zero attached hydrogens (tertiary/aromatic N) is 3. The number of amidine groups is 1. The second kappa shape index (κ2) is 8.94. The summed E-state index contributed by atoms with van der Waals surface area (Å²) < 4.78 is 39.9. The van der Waals surface area contributed by atoms with Crippen molar-refractivity contribution in [1.82, 2.24) is 9.21 Å². The molecule has 0 amide bonds. The standard InChI is InChI=1S/C25H24ClN3O4S/c1-17-16-28(14-15-29(17)34(30,31)19-12-10-18(26)11-13-19)25-20-6-5-9-23(32-2)24(20)33-22-8-4-3-7-21(22)27-25/h3-13,17H,14-16H2,1-2H3/t17-/m1/s1. The first-order valence-corrected chi connectivity index (χ1v) is 12.8. The minimum Gasteiger partial charge on any atom is -0.493 e. The van der Waals surface area contributed by atoms with Crippen molar-refractivity contribution in [3.8, 4) is 17.2 Å². The molecule has 7 nitrogen and oxygen atoms in total. The summed E-state index contributed by atoms with van der Waals surface area (Å²) in [6, 6.07) is 19.3. The molecule has 2 heterocycles. The number of fused-ring (bicyclic) bond motifs is 2. The lowest BCUT2D eigenvalue weighted by Crippen LogP contribution is -2.55. The third-order valence-electron chi connectivity index (χ3n) is 6.03. The number of hydrogen-bond donors (Lipinski definition) is 0. The summed E-state index contributed by atoms with van der Waals surface area (Å²) in [4.78, 5) is 7.30. The van der Waals surface area contributed by atoms with Gasteiger partial charge in [-0.25, -0.2) is 13.4 Å². The maximum absolute atomic E-state index is 13.3. The van der Waals surface area contributed by atoms with E-state index in [9.17, 15) is 8.42 Å². The van der Waals surface area contributed by atoms with Gasteiger partial charge in [-0.05, 0) is 55.5 Å². The number of methoxy groups -OCH3 is 1. The third-order valence-corrected chi connectivity index (χ3v) is 8.31. The summed E-state index contributed by atoms with van der Waals surface area (Å²) in [5.41, 5.74) is 1.51. The van der Waals surface area contributed by atoms with Crippen LogP contribution in [0.25, 0.3) is 0 Å². The van der Waals surface area contributed by atoms with Gasteiger partial charge in [0, 0.05) is 30.7 Å². The van der Waals surface area contributed by atoms with E-state index >= 15 is 0 Å². The van der Waals surface area contributed by atoms with Crippen molar-refractivity contribution < 1.29 is 17.9 Å². The predicted octanol–water partition coefficient (Wildman–Crippen LogP) is 4.93. The van der Waals surface area contributed by atoms with Gasteiger partial charge in [0.05, 0.1) is 17.6 Å². The Morgan fingerprint density at radius 1 is 1.03 bits per heavy atom. The van der Waals surface area contributed by atoms with E-state index in [4.69, 9.17) is 26.1 Å². The van der Waals surface area contributed by atoms with Crippen molar-refractivity contribution in [2.75, 3.05) is 26.7 Å². The first-order valence-electron chi connectivity index (χ1n) is 10.9. The fourth-order valence-corrected chi connectivity index (χ4v) is 6.09. The first kappa shape index (κ1) is 22.7. The highest BCUT2D eigenvalue weighted by molar-refractivity contribution is 7.89. The molecule has 0 N–H and O–H groups in total. The molecular weight excluding hydrogens is 474 g/mol. The lowest BCUT2D eigenvalue weighted by atomic mass is 10.1. The third kappa shape index (κ3) is 4.02. The molecule has 34 heavy (non-hydrogen) atoms. The second-order valence-electron chi connectivity index (χ2n) is 8.21. The fraction of sp³-hybridized carbons (Fsp3) is 0.240. The molecule has 3 aromatic rings. The van der Waals surface area contributed by atoms with Crippen LogP contribution in [0.5, 0.6) is 17.2 Å². The average molecular weight is 498 g/mol. The lowest BCUT2D eigenvalue weighted by molar-refractivity contribution is 0.205. The molecule has 1 atom stereocenters. The van der Waals surface area contributed by atoms with E-state index < -0.39 is 10.0 Å². The maximum Gasteiger partial charge on any atom is 0.243 e. The first-order chi connectivity index (χ1) is 16.4. The zero-order valence-electron chi connectivity index (χ0n) is 18.8. The summed E-state index contributed by atoms with van der Waals surface area (Å²) in [6.07, 6.45) is 0. The molecule has 1 saturated heterocycles. The van der Waals surface area contributed by atoms with Crippen LogP contribution in [0.3, 0.4) is 0 Å². The van der Waals surface area contributed by atoms with E-state index in [1.165, 1.54) is 0 Å². The Labute approximate surface area is 204 Å². The lowest BCUT2D eigenvalue weighted by Gasteiger charge is -2.40. The van der Waals surface area contributed by atoms with Crippen molar-refractivity contribution in [2.45, 2.75) is 17.9 Å². The zero-order valence-corrected chi connectivity index (χ0v) is 20.4. The Morgan fingerprint density at radius 3 is 2.53 bits per heavy atom. The molecular formula is C25H24ClN3O4S. The zero-order chi connectivity index (χ0) is 23.9. The van der Waals surface area contributed by atoms with Crippen LogP contribution in [0.2, 0.25) is 5.02 Å². The van der Waals surface area contributed by atoms with Crippen molar-refractivity contribution in [3.63, 3.8) is 0 Å². The van der Waals surface area contributed by atoms with Gasteiger partial charge < -0.3 is 14.4 Å². The van der Waals surface area contributed by atoms with Crippen molar-refractivity contribution in [2.24, 2.45) is 4.99 Å². The fourth-order valence-electron chi connectivity index (χ4n) is 4.35. The van der Waals surface area contributed by atoms with Crippen molar-refractivity contribution in [3.05, 3.63) is 77.3 Å². The maximum atomic E-state index is 13.3. The van der Waals surface area contributed by atoms with Crippen LogP contribution >= 0.6 is 11.6 Å². The Bertz CT molecular complexity index is 1360. The van der Waals surface area contributed by atoms with E-state index in [2.05, 4.69) is 4.90 Å². The smallest absolute Gasteiger partial charge is 0.243 e. The van der Waals surface area contributed by atoms with Gasteiger partial charge in [0.15, 0.2) is 17.2 Å². The molecule has 0 unspecified atom stereocenters. The van der Waals surface area contributed by atoms with Crippen molar-refractivity contribution in [1.29, 1.82) is 0 Å². The van der Waals surface area contributed by atoms with Gasteiger partial charge in [-0.15, -0.1) is 0 Å². The highest BCUT2D eigenvalue weighted by Gasteiger charge is 2.36. The summed E-state index contributed by atoms with van der Waals surface area (Å²) in [5, 5.41) is 0.500. The molecule has 0 bridgehead atoms. The molecule has 0 radical (unpaired) electrons. The van der Waals surface area contributed by atoms with Gasteiger partial charge in [0.2, 0.25) is 10.0 Å². The molecule has 0 aromatic heterocycles. The van der Waals surface area contributed by atoms with Crippen LogP contribution in [0, 0.1) is 0 Å². The molecule has 5 rings (SSSR count). The van der Waals surface area contributed by atoms with Crippen LogP contribution < -0.4 is 9.47 Å². The van der Waals surface area contributed by atoms with Gasteiger partial charge in [-0.3, -0.25) is 0 Å². The van der Waals surface area contributed by atoms with Gasteiger partial charge >= 0.3 is 0 Å². The topological polar surface area (TPSA) is 71.4 Å². The molecule has 0 aliphatic carbocycles. The number of ether oxygens (including phenoxy) is 2. The molecule has 3 aromatic carbocycles. The molecule has 2 aliphatic heterocycles. The Hall–Kier alpha value is -3.07. The van der Waals surface area contributed by atoms with Crippen LogP contribution in [-0.4, -0.2) is 56.2 Å². The minimum atomic E-state index is -3.65. The quantitative estimate of drug-likeness (QED) is 0.513. The molecule has 0 spiro atoms. The number of hydrogen-bond acceptors (Lipinski definition) is 6. The second-order valence-corrected chi connectivity index (χ2v) is 10.5. The Morgan fingerprint density at radius 2 is 1.79 bits per heavy atom. The normalized spacial score (nSPS) is 18.3. The number of benzene rings is 3. The van der Waals surface area contributed by atoms with E-state index in [0.717, 1.165) is 11.4 Å². The molecule has 9 heteroatoms. The van der Waals surface area contributed by atoms with E-state index in [-0.39, 0.29) is 10.9 Å². The summed E-state index contributed by atoms with van der Waals surface area (Å²) in [7, 11) is -2.04. The van der Waals surface area contributed by atoms with Gasteiger partial charge in [-0.2, -0.15) is 4.31 Å². The Balaban J connectivity index is 1.49. The number of sulfonamides is 1. The van der Waals surface area contributed by atoms with Crippen LogP contribution in [0.4, 0.5) is 5.69 Å². The number of rotatable bonds is 3. The highest BCUT2D eigenvalue weighted by atomic mass is 35.5. The molecule has 176 valence electrons. The van der Waals surface area contributed by atoms with Crippen molar-refractivity contribution >= 4 is 33.1 Å². The number of para-hydroxylation sites is 3. The molecule has 2 aliphatic rings. The molecule has 0 saturated carbocycles. The number of piperazine rings is 1. The van der Waals surface area contributed by atoms with E-state index in [0.29, 0.717) is 47.6 Å². The molecule has 1 fully saturated rings. The van der Waals surface area contributed by atoms with Crippen LogP contribution in [0.15, 0.2) is 76.6 Å². The van der Waals surface area contributed by atoms with E-state index in [1.54, 1.807) is 35.7 Å². The van der Waals surface area contributed by atoms with E-state index in [1.807, 2.05) is 49.4 Å². The predicted molar refractivity (Wildman–Crippen MR) is 132 cm³/mol. The monoisotopic (exact) mass is 497 g/mol. The average Bonchev–Trinajstić information content (AvgIpc) is 3.01. The summed E-state index contributed by atoms with van der Waals surface area (Å²) >= 11 is 5.95. The summed E-state index contributed by atoms with van der Waals surface area (Å²) in [5.74, 6) is 2.57. The van der Waals surface area contributed by atoms with Crippen LogP contribution in [-0.2, 0) is 10.0 Å². The van der Waals surface area contributed by atoms with Crippen LogP contribution in [0.1, 0.15) is 12.5 Å². The van der Waals surface area contributed by atoms with Gasteiger partial charge in [0.25, 0.3) is 0 Å². The number of aliphatic imine (C=N–C) groups is 1. The summed E-state index contributed by atoms with van der Waals surface area (Å²) in [6.45, 7) is 3.19. The van der Waals surface area contributed by atoms with Gasteiger partial charge in [0.1, 0.15) is 11.5 Å². The minimum absolute atomic E-state index is 0.237. The van der Waals surface area contributed by atoms with Gasteiger partial charge in [-0.1, -0.05) is 29.8 Å². The largest absolute Gasteiger partial charge is 0.493 e. The Kier molecular flexibility index (Phi) is 5.97. The highest BCUT2D eigenvalue weighted by Crippen LogP contribution is 2.43.